The predicted octanol–water partition coefficient (Wildman–Crippen LogP) is 4.78. The molecule has 1 aliphatic carbocycles. The highest BCUT2D eigenvalue weighted by molar-refractivity contribution is 5.99. The third-order valence-corrected chi connectivity index (χ3v) is 4.85. The summed E-state index contributed by atoms with van der Waals surface area (Å²) in [6.45, 7) is 0. The number of hydrogen-bond acceptors (Lipinski definition) is 7. The topological polar surface area (TPSA) is 93.3 Å². The summed E-state index contributed by atoms with van der Waals surface area (Å²) < 4.78 is 5.98. The summed E-state index contributed by atoms with van der Waals surface area (Å²) in [6.07, 6.45) is 8.38. The molecular formula is C20H15N5O2. The smallest absolute Gasteiger partial charge is 0.197 e. The minimum Gasteiger partial charge on any atom is -0.449 e. The van der Waals surface area contributed by atoms with E-state index >= 15 is 0 Å². The number of hydrogen-bond donors (Lipinski definition) is 1. The maximum Gasteiger partial charge on any atom is 0.197 e. The van der Waals surface area contributed by atoms with Crippen LogP contribution in [-0.2, 0) is 6.42 Å². The number of aryl methyl sites for hydroxylation is 1. The van der Waals surface area contributed by atoms with Crippen molar-refractivity contribution >= 4 is 22.3 Å². The summed E-state index contributed by atoms with van der Waals surface area (Å²) in [7, 11) is 0. The zero-order valence-electron chi connectivity index (χ0n) is 14.3. The first-order valence-corrected chi connectivity index (χ1v) is 8.69. The highest BCUT2D eigenvalue weighted by atomic mass is 16.3. The van der Waals surface area contributed by atoms with Crippen molar-refractivity contribution in [3.63, 3.8) is 0 Å². The fraction of sp³-hybridized carbons (Fsp3) is 0.150. The molecule has 1 aliphatic rings. The molecule has 0 saturated heterocycles. The Morgan fingerprint density at radius 2 is 2.04 bits per heavy atom. The van der Waals surface area contributed by atoms with Gasteiger partial charge in [-0.1, -0.05) is 11.2 Å². The van der Waals surface area contributed by atoms with Crippen molar-refractivity contribution in [1.82, 2.24) is 15.0 Å². The number of anilines is 2. The molecule has 0 bridgehead atoms. The van der Waals surface area contributed by atoms with E-state index in [2.05, 4.69) is 31.5 Å². The second-order valence-electron chi connectivity index (χ2n) is 6.45. The van der Waals surface area contributed by atoms with Crippen LogP contribution in [0.3, 0.4) is 0 Å². The standard InChI is InChI=1S/C20H15N5O2/c26-25-16-5-2-12-10-13(3-4-14(12)16)24-18-15-6-9-21-11-17(15)27-19(18)20-22-7-1-8-23-20/h1,3-4,6-11,16,24H,2,5H2. The number of pyridine rings is 1. The molecule has 4 aromatic rings. The Balaban J connectivity index is 1.60. The van der Waals surface area contributed by atoms with E-state index in [0.29, 0.717) is 17.2 Å². The van der Waals surface area contributed by atoms with Gasteiger partial charge in [0.25, 0.3) is 0 Å². The van der Waals surface area contributed by atoms with Crippen molar-refractivity contribution in [3.8, 4) is 11.6 Å². The Hall–Kier alpha value is -3.61. The second-order valence-corrected chi connectivity index (χ2v) is 6.45. The third-order valence-electron chi connectivity index (χ3n) is 4.85. The highest BCUT2D eigenvalue weighted by Gasteiger charge is 2.24. The minimum atomic E-state index is -0.233. The van der Waals surface area contributed by atoms with Gasteiger partial charge in [0.15, 0.2) is 17.2 Å². The van der Waals surface area contributed by atoms with Crippen LogP contribution in [0.2, 0.25) is 0 Å². The molecule has 1 aromatic carbocycles. The van der Waals surface area contributed by atoms with E-state index in [1.54, 1.807) is 30.9 Å². The number of furan rings is 1. The Kier molecular flexibility index (Phi) is 3.64. The maximum absolute atomic E-state index is 11.0. The highest BCUT2D eigenvalue weighted by Crippen LogP contribution is 2.40. The van der Waals surface area contributed by atoms with Crippen LogP contribution in [0.25, 0.3) is 22.6 Å². The quantitative estimate of drug-likeness (QED) is 0.528. The molecule has 132 valence electrons. The number of aromatic nitrogens is 3. The molecule has 5 rings (SSSR count). The molecule has 3 aromatic heterocycles. The van der Waals surface area contributed by atoms with Crippen LogP contribution in [0.4, 0.5) is 11.4 Å². The average Bonchev–Trinajstić information content (AvgIpc) is 3.30. The molecule has 27 heavy (non-hydrogen) atoms. The number of nitroso groups, excluding NO2 is 1. The van der Waals surface area contributed by atoms with Crippen LogP contribution < -0.4 is 5.32 Å². The number of fused-ring (bicyclic) bond motifs is 2. The molecular weight excluding hydrogens is 342 g/mol. The normalized spacial score (nSPS) is 15.6. The van der Waals surface area contributed by atoms with Gasteiger partial charge in [0, 0.05) is 29.7 Å². The lowest BCUT2D eigenvalue weighted by Gasteiger charge is -2.09. The minimum absolute atomic E-state index is 0.233. The van der Waals surface area contributed by atoms with E-state index in [-0.39, 0.29) is 6.04 Å². The molecule has 0 aliphatic heterocycles. The lowest BCUT2D eigenvalue weighted by atomic mass is 10.1. The average molecular weight is 357 g/mol. The molecule has 0 radical (unpaired) electrons. The van der Waals surface area contributed by atoms with E-state index < -0.39 is 0 Å². The lowest BCUT2D eigenvalue weighted by Crippen LogP contribution is -1.95. The first-order valence-electron chi connectivity index (χ1n) is 8.69. The second kappa shape index (κ2) is 6.28. The van der Waals surface area contributed by atoms with Gasteiger partial charge in [-0.2, -0.15) is 4.91 Å². The van der Waals surface area contributed by atoms with Gasteiger partial charge in [-0.15, -0.1) is 0 Å². The summed E-state index contributed by atoms with van der Waals surface area (Å²) in [5.74, 6) is 1.06. The summed E-state index contributed by atoms with van der Waals surface area (Å²) in [6, 6.07) is 9.42. The number of nitrogens with one attached hydrogen (secondary N) is 1. The van der Waals surface area contributed by atoms with Crippen LogP contribution in [0, 0.1) is 4.91 Å². The van der Waals surface area contributed by atoms with Gasteiger partial charge in [0.05, 0.1) is 11.9 Å². The summed E-state index contributed by atoms with van der Waals surface area (Å²) in [5, 5.41) is 7.57. The summed E-state index contributed by atoms with van der Waals surface area (Å²) in [5.41, 5.74) is 4.53. The van der Waals surface area contributed by atoms with E-state index in [0.717, 1.165) is 40.7 Å². The monoisotopic (exact) mass is 357 g/mol. The molecule has 3 heterocycles. The van der Waals surface area contributed by atoms with Gasteiger partial charge in [-0.3, -0.25) is 4.98 Å². The zero-order chi connectivity index (χ0) is 18.2. The van der Waals surface area contributed by atoms with Gasteiger partial charge in [-0.05, 0) is 48.2 Å². The van der Waals surface area contributed by atoms with Crippen molar-refractivity contribution in [2.75, 3.05) is 5.32 Å². The van der Waals surface area contributed by atoms with Crippen LogP contribution >= 0.6 is 0 Å². The Morgan fingerprint density at radius 1 is 1.15 bits per heavy atom. The number of benzene rings is 1. The molecule has 0 saturated carbocycles. The number of rotatable bonds is 4. The molecule has 1 unspecified atom stereocenters. The number of nitrogens with zero attached hydrogens (tertiary/aromatic N) is 4. The Labute approximate surface area is 154 Å². The molecule has 7 heteroatoms. The molecule has 0 spiro atoms. The van der Waals surface area contributed by atoms with Crippen LogP contribution in [0.5, 0.6) is 0 Å². The largest absolute Gasteiger partial charge is 0.449 e. The zero-order valence-corrected chi connectivity index (χ0v) is 14.3. The van der Waals surface area contributed by atoms with Gasteiger partial charge in [0.2, 0.25) is 0 Å². The van der Waals surface area contributed by atoms with Crippen molar-refractivity contribution in [2.24, 2.45) is 5.18 Å². The molecule has 0 fully saturated rings. The fourth-order valence-corrected chi connectivity index (χ4v) is 3.58. The van der Waals surface area contributed by atoms with Gasteiger partial charge < -0.3 is 9.73 Å². The van der Waals surface area contributed by atoms with Crippen molar-refractivity contribution < 1.29 is 4.42 Å². The van der Waals surface area contributed by atoms with Gasteiger partial charge >= 0.3 is 0 Å². The maximum atomic E-state index is 11.0. The van der Waals surface area contributed by atoms with E-state index in [1.807, 2.05) is 18.2 Å². The van der Waals surface area contributed by atoms with Crippen molar-refractivity contribution in [3.05, 3.63) is 71.2 Å². The van der Waals surface area contributed by atoms with Crippen LogP contribution in [0.15, 0.2) is 64.7 Å². The SMILES string of the molecule is O=NC1CCc2cc(Nc3c(-c4ncccn4)oc4cnccc34)ccc21. The first-order chi connectivity index (χ1) is 13.3. The van der Waals surface area contributed by atoms with Crippen molar-refractivity contribution in [2.45, 2.75) is 18.9 Å². The predicted molar refractivity (Wildman–Crippen MR) is 102 cm³/mol. The molecule has 1 atom stereocenters. The molecule has 7 nitrogen and oxygen atoms in total. The van der Waals surface area contributed by atoms with E-state index in [9.17, 15) is 4.91 Å². The Morgan fingerprint density at radius 3 is 2.89 bits per heavy atom. The summed E-state index contributed by atoms with van der Waals surface area (Å²) >= 11 is 0. The van der Waals surface area contributed by atoms with Crippen LogP contribution in [0.1, 0.15) is 23.6 Å². The van der Waals surface area contributed by atoms with Crippen molar-refractivity contribution in [1.29, 1.82) is 0 Å². The third kappa shape index (κ3) is 2.64. The van der Waals surface area contributed by atoms with E-state index in [4.69, 9.17) is 4.42 Å². The van der Waals surface area contributed by atoms with Crippen LogP contribution in [-0.4, -0.2) is 15.0 Å². The van der Waals surface area contributed by atoms with E-state index in [1.165, 1.54) is 0 Å². The summed E-state index contributed by atoms with van der Waals surface area (Å²) in [4.78, 5) is 23.7. The first kappa shape index (κ1) is 15.6. The van der Waals surface area contributed by atoms with Gasteiger partial charge in [0.1, 0.15) is 6.04 Å². The fourth-order valence-electron chi connectivity index (χ4n) is 3.58. The Bertz CT molecular complexity index is 1140. The van der Waals surface area contributed by atoms with Gasteiger partial charge in [-0.25, -0.2) is 9.97 Å². The molecule has 0 amide bonds. The molecule has 1 N–H and O–H groups in total. The lowest BCUT2D eigenvalue weighted by molar-refractivity contribution is 0.624.